The lowest BCUT2D eigenvalue weighted by molar-refractivity contribution is -0.132. The van der Waals surface area contributed by atoms with Gasteiger partial charge in [-0.3, -0.25) is 4.79 Å². The molecule has 0 aliphatic carbocycles. The summed E-state index contributed by atoms with van der Waals surface area (Å²) in [7, 11) is 1.78. The topological polar surface area (TPSA) is 52.7 Å². The molecule has 1 N–H and O–H groups in total. The Kier molecular flexibility index (Phi) is 4.58. The lowest BCUT2D eigenvalue weighted by Gasteiger charge is -2.31. The molecule has 0 spiro atoms. The summed E-state index contributed by atoms with van der Waals surface area (Å²) in [5, 5.41) is 2.96. The van der Waals surface area contributed by atoms with E-state index in [1.54, 1.807) is 16.8 Å². The molecule has 1 fully saturated rings. The van der Waals surface area contributed by atoms with E-state index >= 15 is 0 Å². The van der Waals surface area contributed by atoms with Crippen molar-refractivity contribution in [2.75, 3.05) is 26.7 Å². The Hall–Kier alpha value is -1.26. The molecule has 1 heterocycles. The number of hydrogen-bond donors (Lipinski definition) is 1. The average Bonchev–Trinajstić information content (AvgIpc) is 2.25. The lowest BCUT2D eigenvalue weighted by atomic mass is 10.1. The normalized spacial score (nSPS) is 20.8. The maximum Gasteiger partial charge on any atom is 0.317 e. The zero-order chi connectivity index (χ0) is 12.1. The molecule has 5 heteroatoms. The van der Waals surface area contributed by atoms with Crippen molar-refractivity contribution < 1.29 is 9.59 Å². The number of nitrogens with one attached hydrogen (secondary N) is 1. The number of likely N-dealkylation sites (tertiary alicyclic amines) is 1. The van der Waals surface area contributed by atoms with E-state index in [0.717, 1.165) is 6.42 Å². The average molecular weight is 227 g/mol. The van der Waals surface area contributed by atoms with E-state index in [-0.39, 0.29) is 18.0 Å². The SMILES string of the molecule is CCN(CC)C(=O)NC1CCC(=O)N(C)C1. The second kappa shape index (κ2) is 5.72. The van der Waals surface area contributed by atoms with Crippen LogP contribution in [0.4, 0.5) is 4.79 Å². The van der Waals surface area contributed by atoms with E-state index in [1.807, 2.05) is 13.8 Å². The molecule has 0 aromatic carbocycles. The molecule has 1 unspecified atom stereocenters. The van der Waals surface area contributed by atoms with Crippen LogP contribution in [-0.4, -0.2) is 54.5 Å². The van der Waals surface area contributed by atoms with Gasteiger partial charge in [-0.05, 0) is 20.3 Å². The summed E-state index contributed by atoms with van der Waals surface area (Å²) >= 11 is 0. The molecule has 0 saturated carbocycles. The van der Waals surface area contributed by atoms with Crippen molar-refractivity contribution in [2.45, 2.75) is 32.7 Å². The summed E-state index contributed by atoms with van der Waals surface area (Å²) in [5.74, 6) is 0.160. The predicted molar refractivity (Wildman–Crippen MR) is 62.1 cm³/mol. The molecule has 5 nitrogen and oxygen atoms in total. The van der Waals surface area contributed by atoms with Crippen molar-refractivity contribution in [1.29, 1.82) is 0 Å². The van der Waals surface area contributed by atoms with Gasteiger partial charge in [0.2, 0.25) is 5.91 Å². The molecule has 1 rings (SSSR count). The summed E-state index contributed by atoms with van der Waals surface area (Å²) in [6.07, 6.45) is 1.27. The number of carbonyl (C=O) groups is 2. The highest BCUT2D eigenvalue weighted by atomic mass is 16.2. The molecule has 1 saturated heterocycles. The predicted octanol–water partition coefficient (Wildman–Crippen LogP) is 0.659. The van der Waals surface area contributed by atoms with Crippen LogP contribution in [0.25, 0.3) is 0 Å². The van der Waals surface area contributed by atoms with Crippen molar-refractivity contribution in [3.8, 4) is 0 Å². The fraction of sp³-hybridized carbons (Fsp3) is 0.818. The Morgan fingerprint density at radius 1 is 1.50 bits per heavy atom. The zero-order valence-electron chi connectivity index (χ0n) is 10.3. The standard InChI is InChI=1S/C11H21N3O2/c1-4-14(5-2)11(16)12-9-6-7-10(15)13(3)8-9/h9H,4-8H2,1-3H3,(H,12,16). The molecule has 0 aromatic heterocycles. The summed E-state index contributed by atoms with van der Waals surface area (Å²) < 4.78 is 0. The Morgan fingerprint density at radius 3 is 2.62 bits per heavy atom. The molecule has 1 atom stereocenters. The molecule has 0 bridgehead atoms. The van der Waals surface area contributed by atoms with Crippen LogP contribution in [0, 0.1) is 0 Å². The zero-order valence-corrected chi connectivity index (χ0v) is 10.3. The largest absolute Gasteiger partial charge is 0.344 e. The number of amides is 3. The second-order valence-electron chi connectivity index (χ2n) is 4.13. The molecule has 16 heavy (non-hydrogen) atoms. The van der Waals surface area contributed by atoms with E-state index in [2.05, 4.69) is 5.32 Å². The van der Waals surface area contributed by atoms with Crippen molar-refractivity contribution in [2.24, 2.45) is 0 Å². The van der Waals surface area contributed by atoms with Crippen LogP contribution in [0.3, 0.4) is 0 Å². The maximum atomic E-state index is 11.8. The second-order valence-corrected chi connectivity index (χ2v) is 4.13. The van der Waals surface area contributed by atoms with Crippen molar-refractivity contribution in [3.63, 3.8) is 0 Å². The van der Waals surface area contributed by atoms with E-state index in [9.17, 15) is 9.59 Å². The Labute approximate surface area is 96.8 Å². The summed E-state index contributed by atoms with van der Waals surface area (Å²) in [5.41, 5.74) is 0. The third-order valence-corrected chi connectivity index (χ3v) is 3.00. The number of hydrogen-bond acceptors (Lipinski definition) is 2. The first-order valence-electron chi connectivity index (χ1n) is 5.87. The molecule has 0 aromatic rings. The van der Waals surface area contributed by atoms with Gasteiger partial charge in [0.25, 0.3) is 0 Å². The van der Waals surface area contributed by atoms with Crippen LogP contribution in [0.1, 0.15) is 26.7 Å². The minimum Gasteiger partial charge on any atom is -0.344 e. The quantitative estimate of drug-likeness (QED) is 0.770. The monoisotopic (exact) mass is 227 g/mol. The van der Waals surface area contributed by atoms with Crippen LogP contribution >= 0.6 is 0 Å². The van der Waals surface area contributed by atoms with Gasteiger partial charge in [-0.25, -0.2) is 4.79 Å². The van der Waals surface area contributed by atoms with Crippen LogP contribution < -0.4 is 5.32 Å². The molecular formula is C11H21N3O2. The highest BCUT2D eigenvalue weighted by Gasteiger charge is 2.24. The van der Waals surface area contributed by atoms with Gasteiger partial charge >= 0.3 is 6.03 Å². The van der Waals surface area contributed by atoms with Crippen molar-refractivity contribution >= 4 is 11.9 Å². The van der Waals surface area contributed by atoms with Crippen molar-refractivity contribution in [1.82, 2.24) is 15.1 Å². The van der Waals surface area contributed by atoms with Crippen LogP contribution in [-0.2, 0) is 4.79 Å². The van der Waals surface area contributed by atoms with Gasteiger partial charge in [-0.2, -0.15) is 0 Å². The molecule has 0 radical (unpaired) electrons. The molecular weight excluding hydrogens is 206 g/mol. The number of urea groups is 1. The van der Waals surface area contributed by atoms with Gasteiger partial charge in [-0.1, -0.05) is 0 Å². The fourth-order valence-electron chi connectivity index (χ4n) is 1.91. The first-order valence-corrected chi connectivity index (χ1v) is 5.87. The number of likely N-dealkylation sites (N-methyl/N-ethyl adjacent to an activating group) is 1. The highest BCUT2D eigenvalue weighted by molar-refractivity contribution is 5.78. The van der Waals surface area contributed by atoms with Gasteiger partial charge in [0.05, 0.1) is 0 Å². The first-order chi connectivity index (χ1) is 7.58. The Morgan fingerprint density at radius 2 is 2.12 bits per heavy atom. The number of carbonyl (C=O) groups excluding carboxylic acids is 2. The molecule has 92 valence electrons. The van der Waals surface area contributed by atoms with E-state index in [4.69, 9.17) is 0 Å². The van der Waals surface area contributed by atoms with E-state index in [0.29, 0.717) is 26.1 Å². The number of rotatable bonds is 3. The third-order valence-electron chi connectivity index (χ3n) is 3.00. The minimum atomic E-state index is -0.0299. The van der Waals surface area contributed by atoms with E-state index < -0.39 is 0 Å². The van der Waals surface area contributed by atoms with Gasteiger partial charge in [0.1, 0.15) is 0 Å². The van der Waals surface area contributed by atoms with Crippen molar-refractivity contribution in [3.05, 3.63) is 0 Å². The summed E-state index contributed by atoms with van der Waals surface area (Å²) in [6, 6.07) is 0.0635. The lowest BCUT2D eigenvalue weighted by Crippen LogP contribution is -2.52. The van der Waals surface area contributed by atoms with E-state index in [1.165, 1.54) is 0 Å². The summed E-state index contributed by atoms with van der Waals surface area (Å²) in [4.78, 5) is 26.5. The van der Waals surface area contributed by atoms with Crippen LogP contribution in [0.5, 0.6) is 0 Å². The smallest absolute Gasteiger partial charge is 0.317 e. The number of nitrogens with zero attached hydrogens (tertiary/aromatic N) is 2. The highest BCUT2D eigenvalue weighted by Crippen LogP contribution is 2.09. The molecule has 1 aliphatic rings. The fourth-order valence-corrected chi connectivity index (χ4v) is 1.91. The molecule has 3 amide bonds. The maximum absolute atomic E-state index is 11.8. The minimum absolute atomic E-state index is 0.0299. The van der Waals surface area contributed by atoms with Gasteiger partial charge < -0.3 is 15.1 Å². The van der Waals surface area contributed by atoms with Gasteiger partial charge in [-0.15, -0.1) is 0 Å². The summed E-state index contributed by atoms with van der Waals surface area (Å²) in [6.45, 7) is 5.96. The Balaban J connectivity index is 2.43. The third kappa shape index (κ3) is 3.12. The molecule has 1 aliphatic heterocycles. The Bertz CT molecular complexity index is 264. The van der Waals surface area contributed by atoms with Crippen LogP contribution in [0.15, 0.2) is 0 Å². The number of piperidine rings is 1. The van der Waals surface area contributed by atoms with Gasteiger partial charge in [0.15, 0.2) is 0 Å². The van der Waals surface area contributed by atoms with Gasteiger partial charge in [0, 0.05) is 39.1 Å². The van der Waals surface area contributed by atoms with Crippen LogP contribution in [0.2, 0.25) is 0 Å². The first kappa shape index (κ1) is 12.8.